The molecule has 0 aliphatic carbocycles. The van der Waals surface area contributed by atoms with Crippen LogP contribution in [0, 0.1) is 5.82 Å². The van der Waals surface area contributed by atoms with Gasteiger partial charge in [0.1, 0.15) is 5.82 Å². The summed E-state index contributed by atoms with van der Waals surface area (Å²) in [6.07, 6.45) is 0.871. The number of halogens is 3. The molecule has 2 unspecified atom stereocenters. The van der Waals surface area contributed by atoms with Gasteiger partial charge >= 0.3 is 0 Å². The Balaban J connectivity index is 2.79. The van der Waals surface area contributed by atoms with Crippen LogP contribution in [0.25, 0.3) is 0 Å². The molecule has 0 aromatic heterocycles. The fraction of sp³-hybridized carbons (Fsp3) is 0.500. The maximum Gasteiger partial charge on any atom is 0.236 e. The monoisotopic (exact) mass is 320 g/mol. The van der Waals surface area contributed by atoms with Gasteiger partial charge in [0.15, 0.2) is 0 Å². The molecule has 112 valence electrons. The van der Waals surface area contributed by atoms with Crippen LogP contribution in [0.1, 0.15) is 38.8 Å². The van der Waals surface area contributed by atoms with Gasteiger partial charge in [0.05, 0.1) is 11.1 Å². The van der Waals surface area contributed by atoms with Crippen LogP contribution in [0.5, 0.6) is 0 Å². The number of benzene rings is 1. The van der Waals surface area contributed by atoms with Gasteiger partial charge in [-0.05, 0) is 32.4 Å². The summed E-state index contributed by atoms with van der Waals surface area (Å²) in [7, 11) is 0. The van der Waals surface area contributed by atoms with Crippen molar-refractivity contribution < 1.29 is 9.18 Å². The van der Waals surface area contributed by atoms with Crippen molar-refractivity contribution in [2.24, 2.45) is 0 Å². The summed E-state index contributed by atoms with van der Waals surface area (Å²) in [5.41, 5.74) is 0.462. The molecule has 0 radical (unpaired) electrons. The van der Waals surface area contributed by atoms with E-state index >= 15 is 0 Å². The SMILES string of the molecule is CCCNC(=O)C(C)NC(C)c1c(Cl)ccc(F)c1Cl. The Morgan fingerprint density at radius 1 is 1.35 bits per heavy atom. The molecule has 20 heavy (non-hydrogen) atoms. The molecule has 0 spiro atoms. The summed E-state index contributed by atoms with van der Waals surface area (Å²) in [5, 5.41) is 6.21. The summed E-state index contributed by atoms with van der Waals surface area (Å²) in [5.74, 6) is -0.634. The number of hydrogen-bond acceptors (Lipinski definition) is 2. The molecule has 0 saturated carbocycles. The third-order valence-electron chi connectivity index (χ3n) is 2.95. The number of carbonyl (C=O) groups is 1. The summed E-state index contributed by atoms with van der Waals surface area (Å²) >= 11 is 12.0. The van der Waals surface area contributed by atoms with Crippen LogP contribution < -0.4 is 10.6 Å². The standard InChI is InChI=1S/C14H19Cl2FN2O/c1-4-7-18-14(20)9(3)19-8(2)12-10(15)5-6-11(17)13(12)16/h5-6,8-9,19H,4,7H2,1-3H3,(H,18,20). The Hall–Kier alpha value is -0.840. The third-order valence-corrected chi connectivity index (χ3v) is 3.67. The van der Waals surface area contributed by atoms with Crippen molar-refractivity contribution in [1.82, 2.24) is 10.6 Å². The van der Waals surface area contributed by atoms with Gasteiger partial charge in [0.25, 0.3) is 0 Å². The lowest BCUT2D eigenvalue weighted by atomic mass is 10.1. The highest BCUT2D eigenvalue weighted by atomic mass is 35.5. The van der Waals surface area contributed by atoms with E-state index in [0.717, 1.165) is 6.42 Å². The summed E-state index contributed by atoms with van der Waals surface area (Å²) < 4.78 is 13.5. The number of rotatable bonds is 6. The van der Waals surface area contributed by atoms with Crippen LogP contribution in [0.2, 0.25) is 10.0 Å². The van der Waals surface area contributed by atoms with E-state index in [1.165, 1.54) is 12.1 Å². The van der Waals surface area contributed by atoms with Crippen molar-refractivity contribution in [1.29, 1.82) is 0 Å². The molecule has 1 rings (SSSR count). The summed E-state index contributed by atoms with van der Waals surface area (Å²) in [6, 6.07) is 1.91. The average molecular weight is 321 g/mol. The lowest BCUT2D eigenvalue weighted by Crippen LogP contribution is -2.43. The van der Waals surface area contributed by atoms with Crippen molar-refractivity contribution in [3.8, 4) is 0 Å². The fourth-order valence-electron chi connectivity index (χ4n) is 1.87. The normalized spacial score (nSPS) is 13.9. The molecule has 6 heteroatoms. The zero-order chi connectivity index (χ0) is 15.3. The topological polar surface area (TPSA) is 41.1 Å². The highest BCUT2D eigenvalue weighted by molar-refractivity contribution is 6.36. The molecule has 0 fully saturated rings. The Morgan fingerprint density at radius 3 is 2.60 bits per heavy atom. The zero-order valence-electron chi connectivity index (χ0n) is 11.8. The van der Waals surface area contributed by atoms with E-state index in [4.69, 9.17) is 23.2 Å². The van der Waals surface area contributed by atoms with Gasteiger partial charge in [-0.3, -0.25) is 10.1 Å². The number of nitrogens with one attached hydrogen (secondary N) is 2. The predicted molar refractivity (Wildman–Crippen MR) is 80.7 cm³/mol. The first-order valence-electron chi connectivity index (χ1n) is 6.55. The second kappa shape index (κ2) is 7.81. The van der Waals surface area contributed by atoms with Crippen LogP contribution in [0.3, 0.4) is 0 Å². The largest absolute Gasteiger partial charge is 0.355 e. The van der Waals surface area contributed by atoms with Crippen LogP contribution >= 0.6 is 23.2 Å². The molecule has 2 N–H and O–H groups in total. The molecule has 0 saturated heterocycles. The van der Waals surface area contributed by atoms with E-state index in [9.17, 15) is 9.18 Å². The molecule has 2 atom stereocenters. The first-order chi connectivity index (χ1) is 9.38. The number of hydrogen-bond donors (Lipinski definition) is 2. The maximum absolute atomic E-state index is 13.5. The van der Waals surface area contributed by atoms with E-state index in [2.05, 4.69) is 10.6 Å². The number of amides is 1. The lowest BCUT2D eigenvalue weighted by Gasteiger charge is -2.21. The molecule has 0 aliphatic heterocycles. The molecule has 1 aromatic rings. The molecule has 1 aromatic carbocycles. The van der Waals surface area contributed by atoms with Crippen LogP contribution in [0.15, 0.2) is 12.1 Å². The first kappa shape index (κ1) is 17.2. The smallest absolute Gasteiger partial charge is 0.236 e. The second-order valence-electron chi connectivity index (χ2n) is 4.66. The molecule has 0 bridgehead atoms. The average Bonchev–Trinajstić information content (AvgIpc) is 2.40. The van der Waals surface area contributed by atoms with Crippen LogP contribution in [0.4, 0.5) is 4.39 Å². The van der Waals surface area contributed by atoms with Crippen LogP contribution in [-0.4, -0.2) is 18.5 Å². The Bertz CT molecular complexity index is 482. The summed E-state index contributed by atoms with van der Waals surface area (Å²) in [6.45, 7) is 6.13. The quantitative estimate of drug-likeness (QED) is 0.785. The van der Waals surface area contributed by atoms with Gasteiger partial charge in [0.2, 0.25) is 5.91 Å². The van der Waals surface area contributed by atoms with Crippen molar-refractivity contribution in [2.75, 3.05) is 6.54 Å². The number of carbonyl (C=O) groups excluding carboxylic acids is 1. The molecular weight excluding hydrogens is 302 g/mol. The van der Waals surface area contributed by atoms with Crippen LogP contribution in [-0.2, 0) is 4.79 Å². The van der Waals surface area contributed by atoms with E-state index in [-0.39, 0.29) is 17.0 Å². The third kappa shape index (κ3) is 4.33. The van der Waals surface area contributed by atoms with Gasteiger partial charge in [-0.15, -0.1) is 0 Å². The van der Waals surface area contributed by atoms with Crippen molar-refractivity contribution in [3.63, 3.8) is 0 Å². The predicted octanol–water partition coefficient (Wildman–Crippen LogP) is 3.70. The molecule has 0 heterocycles. The first-order valence-corrected chi connectivity index (χ1v) is 7.31. The lowest BCUT2D eigenvalue weighted by molar-refractivity contribution is -0.122. The van der Waals surface area contributed by atoms with Crippen molar-refractivity contribution in [2.45, 2.75) is 39.3 Å². The minimum absolute atomic E-state index is 0.0151. The highest BCUT2D eigenvalue weighted by Gasteiger charge is 2.21. The Morgan fingerprint density at radius 2 is 2.00 bits per heavy atom. The van der Waals surface area contributed by atoms with Crippen molar-refractivity contribution in [3.05, 3.63) is 33.6 Å². The van der Waals surface area contributed by atoms with Gasteiger partial charge in [-0.2, -0.15) is 0 Å². The summed E-state index contributed by atoms with van der Waals surface area (Å²) in [4.78, 5) is 11.8. The maximum atomic E-state index is 13.5. The van der Waals surface area contributed by atoms with E-state index < -0.39 is 11.9 Å². The zero-order valence-corrected chi connectivity index (χ0v) is 13.3. The molecule has 3 nitrogen and oxygen atoms in total. The molecule has 0 aliphatic rings. The fourth-order valence-corrected chi connectivity index (χ4v) is 2.57. The van der Waals surface area contributed by atoms with E-state index in [1.807, 2.05) is 6.92 Å². The van der Waals surface area contributed by atoms with E-state index in [0.29, 0.717) is 17.1 Å². The Labute approximate surface area is 128 Å². The van der Waals surface area contributed by atoms with Gasteiger partial charge in [0, 0.05) is 23.2 Å². The van der Waals surface area contributed by atoms with Gasteiger partial charge in [-0.25, -0.2) is 4.39 Å². The minimum Gasteiger partial charge on any atom is -0.355 e. The van der Waals surface area contributed by atoms with Gasteiger partial charge < -0.3 is 5.32 Å². The van der Waals surface area contributed by atoms with E-state index in [1.54, 1.807) is 13.8 Å². The molecular formula is C14H19Cl2FN2O. The Kier molecular flexibility index (Phi) is 6.72. The minimum atomic E-state index is -0.525. The van der Waals surface area contributed by atoms with Crippen molar-refractivity contribution >= 4 is 29.1 Å². The molecule has 1 amide bonds. The second-order valence-corrected chi connectivity index (χ2v) is 5.44. The highest BCUT2D eigenvalue weighted by Crippen LogP contribution is 2.32. The van der Waals surface area contributed by atoms with Gasteiger partial charge in [-0.1, -0.05) is 30.1 Å².